The third-order valence-electron chi connectivity index (χ3n) is 5.91. The number of benzene rings is 2. The molecule has 152 valence electrons. The number of ether oxygens (including phenoxy) is 2. The second-order valence-electron chi connectivity index (χ2n) is 7.82. The van der Waals surface area contributed by atoms with Gasteiger partial charge in [0.1, 0.15) is 0 Å². The van der Waals surface area contributed by atoms with Crippen molar-refractivity contribution in [3.8, 4) is 11.5 Å². The third kappa shape index (κ3) is 3.81. The van der Waals surface area contributed by atoms with Gasteiger partial charge in [-0.1, -0.05) is 18.2 Å². The van der Waals surface area contributed by atoms with Gasteiger partial charge in [0, 0.05) is 44.2 Å². The van der Waals surface area contributed by atoms with E-state index in [4.69, 9.17) is 9.47 Å². The molecule has 3 N–H and O–H groups in total. The molecule has 7 nitrogen and oxygen atoms in total. The normalized spacial score (nSPS) is 23.2. The molecule has 2 atom stereocenters. The van der Waals surface area contributed by atoms with Crippen LogP contribution in [0.3, 0.4) is 0 Å². The van der Waals surface area contributed by atoms with Gasteiger partial charge in [-0.15, -0.1) is 0 Å². The molecule has 0 saturated carbocycles. The molecule has 2 aromatic rings. The third-order valence-corrected chi connectivity index (χ3v) is 5.91. The zero-order valence-electron chi connectivity index (χ0n) is 16.3. The van der Waals surface area contributed by atoms with Crippen LogP contribution in [0.4, 0.5) is 5.69 Å². The highest BCUT2D eigenvalue weighted by molar-refractivity contribution is 5.95. The van der Waals surface area contributed by atoms with Crippen LogP contribution in [0.15, 0.2) is 42.5 Å². The summed E-state index contributed by atoms with van der Waals surface area (Å²) in [6.07, 6.45) is 1.62. The Bertz CT molecular complexity index is 886. The van der Waals surface area contributed by atoms with Gasteiger partial charge in [0.05, 0.1) is 6.04 Å². The Balaban J connectivity index is 1.16. The quantitative estimate of drug-likeness (QED) is 0.697. The number of amides is 1. The number of carbonyl (C=O) groups is 1. The van der Waals surface area contributed by atoms with Gasteiger partial charge >= 0.3 is 0 Å². The zero-order chi connectivity index (χ0) is 19.6. The first-order chi connectivity index (χ1) is 14.3. The molecule has 2 unspecified atom stereocenters. The van der Waals surface area contributed by atoms with Crippen molar-refractivity contribution in [2.45, 2.75) is 25.4 Å². The second-order valence-corrected chi connectivity index (χ2v) is 7.82. The maximum absolute atomic E-state index is 11.9. The fourth-order valence-corrected chi connectivity index (χ4v) is 4.30. The van der Waals surface area contributed by atoms with Gasteiger partial charge in [-0.25, -0.2) is 5.43 Å². The van der Waals surface area contributed by atoms with Crippen molar-refractivity contribution < 1.29 is 14.3 Å². The Kier molecular flexibility index (Phi) is 5.10. The van der Waals surface area contributed by atoms with E-state index in [1.807, 2.05) is 23.1 Å². The molecular weight excluding hydrogens is 368 g/mol. The molecule has 3 aliphatic rings. The maximum atomic E-state index is 11.9. The number of hydrogen-bond acceptors (Lipinski definition) is 6. The van der Waals surface area contributed by atoms with E-state index in [-0.39, 0.29) is 11.9 Å². The van der Waals surface area contributed by atoms with E-state index >= 15 is 0 Å². The van der Waals surface area contributed by atoms with Crippen molar-refractivity contribution in [3.05, 3.63) is 53.6 Å². The Morgan fingerprint density at radius 3 is 2.79 bits per heavy atom. The summed E-state index contributed by atoms with van der Waals surface area (Å²) in [5.74, 6) is 2.29. The topological polar surface area (TPSA) is 74.9 Å². The Morgan fingerprint density at radius 2 is 1.97 bits per heavy atom. The molecule has 29 heavy (non-hydrogen) atoms. The first-order valence-electron chi connectivity index (χ1n) is 10.3. The predicted octanol–water partition coefficient (Wildman–Crippen LogP) is 2.10. The Morgan fingerprint density at radius 1 is 1.10 bits per heavy atom. The Hall–Kier alpha value is -2.61. The molecule has 3 heterocycles. The maximum Gasteiger partial charge on any atom is 0.231 e. The van der Waals surface area contributed by atoms with E-state index in [2.05, 4.69) is 40.4 Å². The molecule has 0 aromatic heterocycles. The summed E-state index contributed by atoms with van der Waals surface area (Å²) in [6.45, 7) is 3.73. The number of rotatable bonds is 6. The van der Waals surface area contributed by atoms with Gasteiger partial charge in [-0.3, -0.25) is 10.2 Å². The zero-order valence-corrected chi connectivity index (χ0v) is 16.3. The summed E-state index contributed by atoms with van der Waals surface area (Å²) in [6, 6.07) is 14.7. The van der Waals surface area contributed by atoms with Crippen LogP contribution in [0.2, 0.25) is 0 Å². The number of nitrogens with one attached hydrogen (secondary N) is 3. The van der Waals surface area contributed by atoms with Crippen molar-refractivity contribution >= 4 is 11.6 Å². The molecule has 3 aliphatic heterocycles. The van der Waals surface area contributed by atoms with E-state index in [1.54, 1.807) is 0 Å². The van der Waals surface area contributed by atoms with E-state index in [1.165, 1.54) is 11.1 Å². The van der Waals surface area contributed by atoms with Gasteiger partial charge in [-0.05, 0) is 41.8 Å². The molecule has 0 radical (unpaired) electrons. The standard InChI is InChI=1S/C22H26N4O3/c27-21-2-1-9-26(21)18-6-3-15(4-7-18)11-23-12-17-13-24-25-22(17)16-5-8-19-20(10-16)29-14-28-19/h3-8,10,17,22-25H,1-2,9,11-14H2. The minimum absolute atomic E-state index is 0.223. The average Bonchev–Trinajstić information content (AvgIpc) is 3.48. The van der Waals surface area contributed by atoms with Crippen LogP contribution in [0.25, 0.3) is 0 Å². The lowest BCUT2D eigenvalue weighted by Crippen LogP contribution is -2.28. The van der Waals surface area contributed by atoms with Gasteiger partial charge in [0.2, 0.25) is 12.7 Å². The molecule has 5 rings (SSSR count). The highest BCUT2D eigenvalue weighted by atomic mass is 16.7. The minimum atomic E-state index is 0.223. The predicted molar refractivity (Wildman–Crippen MR) is 110 cm³/mol. The number of hydrogen-bond donors (Lipinski definition) is 3. The molecule has 1 amide bonds. The second kappa shape index (κ2) is 8.02. The van der Waals surface area contributed by atoms with Crippen LogP contribution in [0.5, 0.6) is 11.5 Å². The van der Waals surface area contributed by atoms with E-state index in [9.17, 15) is 4.79 Å². The van der Waals surface area contributed by atoms with Gasteiger partial charge < -0.3 is 19.7 Å². The van der Waals surface area contributed by atoms with E-state index in [0.29, 0.717) is 19.1 Å². The van der Waals surface area contributed by atoms with Crippen molar-refractivity contribution in [1.29, 1.82) is 0 Å². The van der Waals surface area contributed by atoms with Crippen LogP contribution in [0.1, 0.15) is 30.0 Å². The molecule has 2 saturated heterocycles. The van der Waals surface area contributed by atoms with Crippen molar-refractivity contribution in [2.24, 2.45) is 5.92 Å². The summed E-state index contributed by atoms with van der Waals surface area (Å²) in [7, 11) is 0. The van der Waals surface area contributed by atoms with Crippen molar-refractivity contribution in [2.75, 3.05) is 31.3 Å². The lowest BCUT2D eigenvalue weighted by Gasteiger charge is -2.20. The Labute approximate surface area is 170 Å². The summed E-state index contributed by atoms with van der Waals surface area (Å²) in [4.78, 5) is 13.8. The molecule has 7 heteroatoms. The first-order valence-corrected chi connectivity index (χ1v) is 10.3. The fraction of sp³-hybridized carbons (Fsp3) is 0.409. The number of fused-ring (bicyclic) bond motifs is 1. The summed E-state index contributed by atoms with van der Waals surface area (Å²) in [5, 5.41) is 3.58. The molecule has 2 fully saturated rings. The molecular formula is C22H26N4O3. The van der Waals surface area contributed by atoms with Crippen LogP contribution >= 0.6 is 0 Å². The minimum Gasteiger partial charge on any atom is -0.454 e. The number of carbonyl (C=O) groups excluding carboxylic acids is 1. The van der Waals surface area contributed by atoms with Gasteiger partial charge in [-0.2, -0.15) is 0 Å². The van der Waals surface area contributed by atoms with E-state index in [0.717, 1.165) is 49.8 Å². The lowest BCUT2D eigenvalue weighted by atomic mass is 9.94. The highest BCUT2D eigenvalue weighted by Gasteiger charge is 2.29. The largest absolute Gasteiger partial charge is 0.454 e. The fourth-order valence-electron chi connectivity index (χ4n) is 4.30. The van der Waals surface area contributed by atoms with Gasteiger partial charge in [0.25, 0.3) is 0 Å². The molecule has 0 spiro atoms. The van der Waals surface area contributed by atoms with Crippen LogP contribution in [0, 0.1) is 5.92 Å². The van der Waals surface area contributed by atoms with Crippen LogP contribution in [-0.4, -0.2) is 32.3 Å². The first kappa shape index (κ1) is 18.4. The van der Waals surface area contributed by atoms with E-state index < -0.39 is 0 Å². The van der Waals surface area contributed by atoms with Gasteiger partial charge in [0.15, 0.2) is 11.5 Å². The van der Waals surface area contributed by atoms with Crippen molar-refractivity contribution in [3.63, 3.8) is 0 Å². The van der Waals surface area contributed by atoms with Crippen LogP contribution in [-0.2, 0) is 11.3 Å². The average molecular weight is 394 g/mol. The number of nitrogens with zero attached hydrogens (tertiary/aromatic N) is 1. The molecule has 0 aliphatic carbocycles. The van der Waals surface area contributed by atoms with Crippen LogP contribution < -0.4 is 30.5 Å². The molecule has 2 aromatic carbocycles. The number of anilines is 1. The summed E-state index contributed by atoms with van der Waals surface area (Å²) >= 11 is 0. The highest BCUT2D eigenvalue weighted by Crippen LogP contribution is 2.36. The molecule has 0 bridgehead atoms. The monoisotopic (exact) mass is 394 g/mol. The van der Waals surface area contributed by atoms with Crippen molar-refractivity contribution in [1.82, 2.24) is 16.2 Å². The summed E-state index contributed by atoms with van der Waals surface area (Å²) in [5.41, 5.74) is 10.1. The SMILES string of the molecule is O=C1CCCN1c1ccc(CNCC2CNNC2c2ccc3c(c2)OCO3)cc1. The lowest BCUT2D eigenvalue weighted by molar-refractivity contribution is -0.117. The summed E-state index contributed by atoms with van der Waals surface area (Å²) < 4.78 is 10.9. The number of hydrazine groups is 1. The smallest absolute Gasteiger partial charge is 0.231 e.